The molecule has 6 nitrogen and oxygen atoms in total. The molecule has 5 N–H and O–H groups in total. The summed E-state index contributed by atoms with van der Waals surface area (Å²) in [7, 11) is 0. The molecule has 2 heterocycles. The van der Waals surface area contributed by atoms with Gasteiger partial charge in [-0.1, -0.05) is 23.7 Å². The molecule has 1 saturated carbocycles. The van der Waals surface area contributed by atoms with E-state index in [-0.39, 0.29) is 22.8 Å². The van der Waals surface area contributed by atoms with Crippen LogP contribution in [0.3, 0.4) is 0 Å². The summed E-state index contributed by atoms with van der Waals surface area (Å²) in [5.74, 6) is -0.338. The van der Waals surface area contributed by atoms with Crippen LogP contribution in [0.25, 0.3) is 0 Å². The summed E-state index contributed by atoms with van der Waals surface area (Å²) < 4.78 is 5.97. The lowest BCUT2D eigenvalue weighted by Crippen LogP contribution is -2.34. The van der Waals surface area contributed by atoms with Crippen LogP contribution in [0.2, 0.25) is 0 Å². The molecule has 2 bridgehead atoms. The van der Waals surface area contributed by atoms with Crippen LogP contribution in [0.1, 0.15) is 30.9 Å². The van der Waals surface area contributed by atoms with Gasteiger partial charge < -0.3 is 21.1 Å². The van der Waals surface area contributed by atoms with Gasteiger partial charge in [0.15, 0.2) is 0 Å². The third-order valence-electron chi connectivity index (χ3n) is 5.04. The zero-order valence-corrected chi connectivity index (χ0v) is 14.5. The number of nitrogens with two attached hydrogens (primary N) is 1. The molecule has 2 aliphatic heterocycles. The average Bonchev–Trinajstić information content (AvgIpc) is 3.27. The van der Waals surface area contributed by atoms with Crippen LogP contribution in [0.5, 0.6) is 0 Å². The van der Waals surface area contributed by atoms with Crippen LogP contribution >= 0.6 is 11.6 Å². The Bertz CT molecular complexity index is 742. The monoisotopic (exact) mass is 360 g/mol. The van der Waals surface area contributed by atoms with Gasteiger partial charge in [0.2, 0.25) is 0 Å². The first-order chi connectivity index (χ1) is 12.0. The van der Waals surface area contributed by atoms with Crippen molar-refractivity contribution < 1.29 is 9.53 Å². The lowest BCUT2D eigenvalue weighted by atomic mass is 10.0. The number of amides is 1. The number of fused-ring (bicyclic) bond motifs is 2. The van der Waals surface area contributed by atoms with Crippen LogP contribution in [-0.2, 0) is 9.53 Å². The minimum absolute atomic E-state index is 0.0538. The topological polar surface area (TPSA) is 100 Å². The Labute approximate surface area is 151 Å². The average molecular weight is 361 g/mol. The van der Waals surface area contributed by atoms with E-state index in [1.165, 1.54) is 0 Å². The molecular formula is C18H21ClN4O2. The summed E-state index contributed by atoms with van der Waals surface area (Å²) in [4.78, 5) is 12.2. The predicted octanol–water partition coefficient (Wildman–Crippen LogP) is 2.27. The fourth-order valence-electron chi connectivity index (χ4n) is 3.45. The number of anilines is 1. The molecule has 2 saturated heterocycles. The van der Waals surface area contributed by atoms with Crippen LogP contribution < -0.4 is 16.4 Å². The largest absolute Gasteiger partial charge is 0.401 e. The minimum atomic E-state index is -0.556. The molecule has 3 atom stereocenters. The van der Waals surface area contributed by atoms with Crippen LogP contribution in [-0.4, -0.2) is 30.3 Å². The van der Waals surface area contributed by atoms with Crippen molar-refractivity contribution in [2.45, 2.75) is 37.5 Å². The van der Waals surface area contributed by atoms with Gasteiger partial charge in [-0.05, 0) is 37.0 Å². The van der Waals surface area contributed by atoms with E-state index in [1.807, 2.05) is 24.3 Å². The second-order valence-electron chi connectivity index (χ2n) is 6.92. The van der Waals surface area contributed by atoms with Crippen LogP contribution in [0.15, 0.2) is 35.0 Å². The van der Waals surface area contributed by atoms with Gasteiger partial charge in [0.25, 0.3) is 5.91 Å². The summed E-state index contributed by atoms with van der Waals surface area (Å²) in [5, 5.41) is 14.1. The Morgan fingerprint density at radius 1 is 1.32 bits per heavy atom. The number of allylic oxidation sites excluding steroid dienone is 1. The molecule has 7 heteroatoms. The molecule has 1 aromatic carbocycles. The van der Waals surface area contributed by atoms with E-state index >= 15 is 0 Å². The molecule has 132 valence electrons. The third kappa shape index (κ3) is 3.29. The highest BCUT2D eigenvalue weighted by Crippen LogP contribution is 2.37. The molecule has 1 aromatic rings. The quantitative estimate of drug-likeness (QED) is 0.605. The number of hydrogen-bond acceptors (Lipinski definition) is 5. The van der Waals surface area contributed by atoms with E-state index in [2.05, 4.69) is 10.6 Å². The molecule has 0 radical (unpaired) electrons. The summed E-state index contributed by atoms with van der Waals surface area (Å²) in [5.41, 5.74) is 7.73. The second kappa shape index (κ2) is 6.44. The second-order valence-corrected chi connectivity index (χ2v) is 7.30. The van der Waals surface area contributed by atoms with Gasteiger partial charge in [0.05, 0.1) is 17.2 Å². The number of carbonyl (C=O) groups excluding carboxylic acids is 1. The van der Waals surface area contributed by atoms with Gasteiger partial charge in [0, 0.05) is 29.9 Å². The van der Waals surface area contributed by atoms with Crippen LogP contribution in [0.4, 0.5) is 5.69 Å². The maximum absolute atomic E-state index is 12.2. The van der Waals surface area contributed by atoms with Crippen molar-refractivity contribution in [3.05, 3.63) is 40.6 Å². The Hall–Kier alpha value is -1.89. The van der Waals surface area contributed by atoms with Crippen molar-refractivity contribution in [2.75, 3.05) is 11.9 Å². The molecule has 0 spiro atoms. The van der Waals surface area contributed by atoms with E-state index in [0.29, 0.717) is 23.5 Å². The first-order valence-electron chi connectivity index (χ1n) is 8.57. The summed E-state index contributed by atoms with van der Waals surface area (Å²) in [6.45, 7) is 0.926. The number of ether oxygens (including phenoxy) is 1. The highest BCUT2D eigenvalue weighted by Gasteiger charge is 2.41. The maximum Gasteiger partial charge on any atom is 0.275 e. The molecule has 25 heavy (non-hydrogen) atoms. The highest BCUT2D eigenvalue weighted by molar-refractivity contribution is 6.60. The number of nitrogens with one attached hydrogen (secondary N) is 3. The van der Waals surface area contributed by atoms with Crippen molar-refractivity contribution in [2.24, 2.45) is 11.7 Å². The van der Waals surface area contributed by atoms with Crippen LogP contribution in [0, 0.1) is 11.3 Å². The van der Waals surface area contributed by atoms with Gasteiger partial charge in [-0.15, -0.1) is 0 Å². The van der Waals surface area contributed by atoms with Gasteiger partial charge in [0.1, 0.15) is 5.71 Å². The van der Waals surface area contributed by atoms with E-state index < -0.39 is 5.91 Å². The molecule has 3 aliphatic rings. The first kappa shape index (κ1) is 16.6. The molecule has 1 aliphatic carbocycles. The number of hydrogen-bond donors (Lipinski definition) is 4. The molecule has 4 rings (SSSR count). The smallest absolute Gasteiger partial charge is 0.275 e. The molecule has 0 unspecified atom stereocenters. The zero-order valence-electron chi connectivity index (χ0n) is 13.7. The van der Waals surface area contributed by atoms with Crippen molar-refractivity contribution in [3.63, 3.8) is 0 Å². The lowest BCUT2D eigenvalue weighted by molar-refractivity contribution is -0.110. The number of morpholine rings is 1. The van der Waals surface area contributed by atoms with Gasteiger partial charge >= 0.3 is 0 Å². The van der Waals surface area contributed by atoms with E-state index in [1.54, 1.807) is 0 Å². The van der Waals surface area contributed by atoms with Gasteiger partial charge in [-0.2, -0.15) is 0 Å². The number of benzene rings is 1. The minimum Gasteiger partial charge on any atom is -0.401 e. The number of carbonyl (C=O) groups is 1. The fourth-order valence-corrected chi connectivity index (χ4v) is 3.69. The Morgan fingerprint density at radius 3 is 2.60 bits per heavy atom. The lowest BCUT2D eigenvalue weighted by Gasteiger charge is -2.23. The number of halogens is 1. The van der Waals surface area contributed by atoms with E-state index in [4.69, 9.17) is 27.5 Å². The summed E-state index contributed by atoms with van der Waals surface area (Å²) >= 11 is 6.07. The SMILES string of the molecule is N=C(C(=O)Nc1ccc([C@H]2O[C@@H]3CN[C@H]2C3)cc1)C(Cl)=C(N)C1CC1. The normalized spacial score (nSPS) is 28.6. The first-order valence-corrected chi connectivity index (χ1v) is 8.95. The molecule has 3 fully saturated rings. The zero-order chi connectivity index (χ0) is 17.6. The van der Waals surface area contributed by atoms with E-state index in [0.717, 1.165) is 31.4 Å². The van der Waals surface area contributed by atoms with Crippen molar-refractivity contribution >= 4 is 28.9 Å². The third-order valence-corrected chi connectivity index (χ3v) is 5.45. The standard InChI is InChI=1S/C18H21ClN4O2/c19-14(15(20)9-1-2-9)16(21)18(24)23-11-5-3-10(4-6-11)17-13-7-12(25-17)8-22-13/h3-6,9,12-13,17,21-22H,1-2,7-8,20H2,(H,23,24)/t12-,13-,17+/m0/s1. The highest BCUT2D eigenvalue weighted by atomic mass is 35.5. The summed E-state index contributed by atoms with van der Waals surface area (Å²) in [6.07, 6.45) is 3.36. The fraction of sp³-hybridized carbons (Fsp3) is 0.444. The summed E-state index contributed by atoms with van der Waals surface area (Å²) in [6, 6.07) is 7.90. The Kier molecular flexibility index (Phi) is 4.27. The van der Waals surface area contributed by atoms with Crippen molar-refractivity contribution in [1.82, 2.24) is 5.32 Å². The van der Waals surface area contributed by atoms with Gasteiger partial charge in [-0.3, -0.25) is 10.2 Å². The maximum atomic E-state index is 12.2. The van der Waals surface area contributed by atoms with Crippen molar-refractivity contribution in [3.8, 4) is 0 Å². The molecular weight excluding hydrogens is 340 g/mol. The predicted molar refractivity (Wildman–Crippen MR) is 96.6 cm³/mol. The molecule has 0 aromatic heterocycles. The molecule has 1 amide bonds. The van der Waals surface area contributed by atoms with Gasteiger partial charge in [-0.25, -0.2) is 0 Å². The Balaban J connectivity index is 1.40. The van der Waals surface area contributed by atoms with E-state index in [9.17, 15) is 4.79 Å². The number of rotatable bonds is 5. The Morgan fingerprint density at radius 2 is 2.04 bits per heavy atom. The van der Waals surface area contributed by atoms with Crippen molar-refractivity contribution in [1.29, 1.82) is 5.41 Å².